The lowest BCUT2D eigenvalue weighted by molar-refractivity contribution is 0.472. The van der Waals surface area contributed by atoms with E-state index >= 15 is 0 Å². The Kier molecular flexibility index (Phi) is 2.90. The van der Waals surface area contributed by atoms with E-state index in [2.05, 4.69) is 0 Å². The zero-order valence-corrected chi connectivity index (χ0v) is 8.86. The van der Waals surface area contributed by atoms with Crippen molar-refractivity contribution in [3.8, 4) is 11.8 Å². The first-order chi connectivity index (χ1) is 6.38. The van der Waals surface area contributed by atoms with Gasteiger partial charge in [-0.3, -0.25) is 0 Å². The number of aromatic hydroxyl groups is 1. The summed E-state index contributed by atoms with van der Waals surface area (Å²) >= 11 is 5.50. The van der Waals surface area contributed by atoms with Crippen LogP contribution in [0.1, 0.15) is 5.56 Å². The van der Waals surface area contributed by atoms with Crippen LogP contribution < -0.4 is 0 Å². The van der Waals surface area contributed by atoms with Gasteiger partial charge in [0.1, 0.15) is 16.0 Å². The molecule has 0 aliphatic heterocycles. The SMILES string of the molecule is N#Cc1ccc(S(=O)(=O)Cl)c(Cl)c1O. The Hall–Kier alpha value is -0.960. The molecule has 0 heterocycles. The number of halogens is 2. The Morgan fingerprint density at radius 3 is 2.43 bits per heavy atom. The van der Waals surface area contributed by atoms with Crippen LogP contribution in [0.15, 0.2) is 17.0 Å². The summed E-state index contributed by atoms with van der Waals surface area (Å²) in [6.07, 6.45) is 0. The zero-order valence-electron chi connectivity index (χ0n) is 6.53. The van der Waals surface area contributed by atoms with Gasteiger partial charge in [-0.25, -0.2) is 8.42 Å². The molecule has 0 radical (unpaired) electrons. The number of phenols is 1. The van der Waals surface area contributed by atoms with Crippen LogP contribution in [0.5, 0.6) is 5.75 Å². The highest BCUT2D eigenvalue weighted by Crippen LogP contribution is 2.34. The van der Waals surface area contributed by atoms with Gasteiger partial charge in [-0.2, -0.15) is 5.26 Å². The van der Waals surface area contributed by atoms with E-state index in [1.165, 1.54) is 0 Å². The van der Waals surface area contributed by atoms with Gasteiger partial charge in [0.15, 0.2) is 5.75 Å². The Morgan fingerprint density at radius 1 is 1.43 bits per heavy atom. The molecule has 1 rings (SSSR count). The van der Waals surface area contributed by atoms with Crippen LogP contribution >= 0.6 is 22.3 Å². The molecule has 0 unspecified atom stereocenters. The minimum absolute atomic E-state index is 0.112. The van der Waals surface area contributed by atoms with Crippen molar-refractivity contribution in [2.45, 2.75) is 4.90 Å². The van der Waals surface area contributed by atoms with E-state index in [0.717, 1.165) is 12.1 Å². The molecule has 0 aliphatic rings. The van der Waals surface area contributed by atoms with Crippen LogP contribution in [0.25, 0.3) is 0 Å². The molecule has 0 aromatic heterocycles. The van der Waals surface area contributed by atoms with Crippen molar-refractivity contribution < 1.29 is 13.5 Å². The van der Waals surface area contributed by atoms with Gasteiger partial charge in [-0.1, -0.05) is 11.6 Å². The van der Waals surface area contributed by atoms with Crippen LogP contribution in [-0.2, 0) is 9.05 Å². The lowest BCUT2D eigenvalue weighted by atomic mass is 10.2. The standard InChI is InChI=1S/C7H3Cl2NO3S/c8-6-5(14(9,12)13)2-1-4(3-10)7(6)11/h1-2,11H. The molecule has 4 nitrogen and oxygen atoms in total. The van der Waals surface area contributed by atoms with Gasteiger partial charge in [0.05, 0.1) is 5.56 Å². The second kappa shape index (κ2) is 3.65. The third kappa shape index (κ3) is 1.93. The van der Waals surface area contributed by atoms with Crippen LogP contribution in [0.2, 0.25) is 5.02 Å². The summed E-state index contributed by atoms with van der Waals surface area (Å²) in [5.74, 6) is -0.587. The monoisotopic (exact) mass is 251 g/mol. The molecule has 0 aliphatic carbocycles. The van der Waals surface area contributed by atoms with Crippen molar-refractivity contribution in [3.63, 3.8) is 0 Å². The van der Waals surface area contributed by atoms with Gasteiger partial charge < -0.3 is 5.11 Å². The Labute approximate surface area is 89.7 Å². The highest BCUT2D eigenvalue weighted by Gasteiger charge is 2.19. The predicted octanol–water partition coefficient (Wildman–Crippen LogP) is 1.84. The average Bonchev–Trinajstić information content (AvgIpc) is 2.07. The maximum Gasteiger partial charge on any atom is 0.262 e. The van der Waals surface area contributed by atoms with E-state index in [9.17, 15) is 13.5 Å². The van der Waals surface area contributed by atoms with Gasteiger partial charge in [0.25, 0.3) is 9.05 Å². The summed E-state index contributed by atoms with van der Waals surface area (Å²) in [6, 6.07) is 3.82. The van der Waals surface area contributed by atoms with Gasteiger partial charge >= 0.3 is 0 Å². The Morgan fingerprint density at radius 2 is 2.00 bits per heavy atom. The summed E-state index contributed by atoms with van der Waals surface area (Å²) in [5.41, 5.74) is -0.112. The average molecular weight is 252 g/mol. The van der Waals surface area contributed by atoms with E-state index in [1.54, 1.807) is 6.07 Å². The second-order valence-electron chi connectivity index (χ2n) is 2.32. The Bertz CT molecular complexity index is 518. The minimum Gasteiger partial charge on any atom is -0.505 e. The summed E-state index contributed by atoms with van der Waals surface area (Å²) < 4.78 is 21.8. The lowest BCUT2D eigenvalue weighted by Crippen LogP contribution is -1.93. The molecule has 0 amide bonds. The molecular formula is C7H3Cl2NO3S. The lowest BCUT2D eigenvalue weighted by Gasteiger charge is -2.03. The van der Waals surface area contributed by atoms with Crippen molar-refractivity contribution in [1.29, 1.82) is 5.26 Å². The summed E-state index contributed by atoms with van der Waals surface area (Å²) in [6.45, 7) is 0. The van der Waals surface area contributed by atoms with Crippen molar-refractivity contribution >= 4 is 31.3 Å². The van der Waals surface area contributed by atoms with Crippen LogP contribution in [0.3, 0.4) is 0 Å². The molecule has 0 saturated heterocycles. The molecule has 7 heteroatoms. The molecule has 0 atom stereocenters. The number of nitrogens with zero attached hydrogens (tertiary/aromatic N) is 1. The fourth-order valence-corrected chi connectivity index (χ4v) is 2.34. The highest BCUT2D eigenvalue weighted by molar-refractivity contribution is 8.13. The predicted molar refractivity (Wildman–Crippen MR) is 50.9 cm³/mol. The minimum atomic E-state index is -4.01. The quantitative estimate of drug-likeness (QED) is 0.773. The molecule has 14 heavy (non-hydrogen) atoms. The number of benzene rings is 1. The first-order valence-corrected chi connectivity index (χ1v) is 5.93. The smallest absolute Gasteiger partial charge is 0.262 e. The van der Waals surface area contributed by atoms with Gasteiger partial charge in [0.2, 0.25) is 0 Å². The number of phenolic OH excluding ortho intramolecular Hbond substituents is 1. The van der Waals surface area contributed by atoms with Gasteiger partial charge in [-0.15, -0.1) is 0 Å². The molecule has 0 spiro atoms. The maximum absolute atomic E-state index is 10.9. The van der Waals surface area contributed by atoms with Crippen molar-refractivity contribution in [1.82, 2.24) is 0 Å². The van der Waals surface area contributed by atoms with Gasteiger partial charge in [0, 0.05) is 10.7 Å². The van der Waals surface area contributed by atoms with Crippen LogP contribution in [-0.4, -0.2) is 13.5 Å². The molecule has 74 valence electrons. The number of hydrogen-bond acceptors (Lipinski definition) is 4. The largest absolute Gasteiger partial charge is 0.505 e. The van der Waals surface area contributed by atoms with E-state index in [4.69, 9.17) is 27.5 Å². The van der Waals surface area contributed by atoms with E-state index < -0.39 is 24.7 Å². The van der Waals surface area contributed by atoms with Crippen LogP contribution in [0.4, 0.5) is 0 Å². The number of nitriles is 1. The Balaban J connectivity index is 3.57. The van der Waals surface area contributed by atoms with E-state index in [-0.39, 0.29) is 5.56 Å². The number of hydrogen-bond donors (Lipinski definition) is 1. The molecule has 0 fully saturated rings. The zero-order chi connectivity index (χ0) is 10.9. The fraction of sp³-hybridized carbons (Fsp3) is 0. The molecule has 1 aromatic carbocycles. The van der Waals surface area contributed by atoms with E-state index in [0.29, 0.717) is 0 Å². The fourth-order valence-electron chi connectivity index (χ4n) is 0.825. The van der Waals surface area contributed by atoms with Gasteiger partial charge in [-0.05, 0) is 12.1 Å². The first kappa shape index (κ1) is 11.1. The molecule has 1 aromatic rings. The molecule has 0 saturated carbocycles. The topological polar surface area (TPSA) is 78.2 Å². The van der Waals surface area contributed by atoms with Crippen molar-refractivity contribution in [2.75, 3.05) is 0 Å². The normalized spacial score (nSPS) is 10.9. The van der Waals surface area contributed by atoms with E-state index in [1.807, 2.05) is 0 Å². The second-order valence-corrected chi connectivity index (χ2v) is 5.24. The highest BCUT2D eigenvalue weighted by atomic mass is 35.7. The van der Waals surface area contributed by atoms with Crippen LogP contribution in [0, 0.1) is 11.3 Å². The molecular weight excluding hydrogens is 249 g/mol. The van der Waals surface area contributed by atoms with Crippen molar-refractivity contribution in [2.24, 2.45) is 0 Å². The third-order valence-electron chi connectivity index (χ3n) is 1.46. The first-order valence-electron chi connectivity index (χ1n) is 3.24. The summed E-state index contributed by atoms with van der Waals surface area (Å²) in [7, 11) is 1.01. The molecule has 1 N–H and O–H groups in total. The third-order valence-corrected chi connectivity index (χ3v) is 3.32. The maximum atomic E-state index is 10.9. The summed E-state index contributed by atoms with van der Waals surface area (Å²) in [5, 5.41) is 17.3. The van der Waals surface area contributed by atoms with Crippen molar-refractivity contribution in [3.05, 3.63) is 22.7 Å². The molecule has 0 bridgehead atoms. The number of rotatable bonds is 1. The summed E-state index contributed by atoms with van der Waals surface area (Å²) in [4.78, 5) is -0.419.